The van der Waals surface area contributed by atoms with Crippen molar-refractivity contribution >= 4 is 28.0 Å². The summed E-state index contributed by atoms with van der Waals surface area (Å²) in [5, 5.41) is 11.8. The van der Waals surface area contributed by atoms with Crippen LogP contribution in [0.3, 0.4) is 0 Å². The van der Waals surface area contributed by atoms with Gasteiger partial charge in [0.15, 0.2) is 17.5 Å². The van der Waals surface area contributed by atoms with E-state index in [0.717, 1.165) is 0 Å². The molecule has 1 atom stereocenters. The molecule has 0 bridgehead atoms. The van der Waals surface area contributed by atoms with E-state index < -0.39 is 23.7 Å². The summed E-state index contributed by atoms with van der Waals surface area (Å²) in [6.45, 7) is 5.07. The summed E-state index contributed by atoms with van der Waals surface area (Å²) in [5.41, 5.74) is -0.428. The van der Waals surface area contributed by atoms with E-state index in [4.69, 9.17) is 14.2 Å². The molecule has 0 fully saturated rings. The second kappa shape index (κ2) is 7.54. The van der Waals surface area contributed by atoms with Gasteiger partial charge in [-0.15, -0.1) is 0 Å². The highest BCUT2D eigenvalue weighted by molar-refractivity contribution is 9.10. The molecule has 1 rings (SSSR count). The molecule has 128 valence electrons. The van der Waals surface area contributed by atoms with Gasteiger partial charge in [0.05, 0.1) is 14.2 Å². The zero-order valence-electron chi connectivity index (χ0n) is 13.6. The summed E-state index contributed by atoms with van der Waals surface area (Å²) in [6, 6.07) is 1.75. The van der Waals surface area contributed by atoms with Crippen molar-refractivity contribution in [3.05, 3.63) is 22.2 Å². The van der Waals surface area contributed by atoms with Gasteiger partial charge in [-0.1, -0.05) is 15.9 Å². The van der Waals surface area contributed by atoms with Crippen molar-refractivity contribution in [2.45, 2.75) is 32.4 Å². The number of hydrogen-bond donors (Lipinski definition) is 2. The van der Waals surface area contributed by atoms with Crippen LogP contribution >= 0.6 is 15.9 Å². The minimum Gasteiger partial charge on any atom is -0.493 e. The summed E-state index contributed by atoms with van der Waals surface area (Å²) >= 11 is 3.28. The third-order valence-corrected chi connectivity index (χ3v) is 3.41. The van der Waals surface area contributed by atoms with Crippen LogP contribution in [0.2, 0.25) is 0 Å². The lowest BCUT2D eigenvalue weighted by Crippen LogP contribution is -2.38. The van der Waals surface area contributed by atoms with Crippen LogP contribution in [0.4, 0.5) is 4.79 Å². The molecular weight excluding hydrogens is 370 g/mol. The smallest absolute Gasteiger partial charge is 0.408 e. The first-order chi connectivity index (χ1) is 10.6. The van der Waals surface area contributed by atoms with E-state index in [0.29, 0.717) is 21.5 Å². The van der Waals surface area contributed by atoms with Crippen LogP contribution in [0.15, 0.2) is 16.6 Å². The normalized spacial score (nSPS) is 12.3. The summed E-state index contributed by atoms with van der Waals surface area (Å²) in [4.78, 5) is 23.4. The number of aliphatic carboxylic acids is 1. The van der Waals surface area contributed by atoms with Crippen molar-refractivity contribution in [2.75, 3.05) is 14.2 Å². The highest BCUT2D eigenvalue weighted by Crippen LogP contribution is 2.36. The van der Waals surface area contributed by atoms with Gasteiger partial charge in [-0.3, -0.25) is 0 Å². The Bertz CT molecular complexity index is 596. The van der Waals surface area contributed by atoms with E-state index in [1.807, 2.05) is 0 Å². The summed E-state index contributed by atoms with van der Waals surface area (Å²) in [5.74, 6) is -0.448. The van der Waals surface area contributed by atoms with E-state index in [1.165, 1.54) is 20.3 Å². The number of carboxylic acid groups (broad SMARTS) is 1. The fourth-order valence-electron chi connectivity index (χ4n) is 1.79. The SMILES string of the molecule is COc1cc(Br)c(C(NC(=O)OC(C)(C)C)C(=O)O)cc1OC. The standard InChI is InChI=1S/C15H20BrNO6/c1-15(2,3)23-14(20)17-12(13(18)19)8-6-10(21-4)11(22-5)7-9(8)16/h6-7,12H,1-5H3,(H,17,20)(H,18,19). The first-order valence-electron chi connectivity index (χ1n) is 6.72. The van der Waals surface area contributed by atoms with Gasteiger partial charge in [0.2, 0.25) is 0 Å². The molecular formula is C15H20BrNO6. The van der Waals surface area contributed by atoms with Crippen LogP contribution in [0.5, 0.6) is 11.5 Å². The Balaban J connectivity index is 3.16. The third kappa shape index (κ3) is 5.31. The molecule has 0 aliphatic heterocycles. The van der Waals surface area contributed by atoms with Crippen molar-refractivity contribution in [1.29, 1.82) is 0 Å². The molecule has 1 amide bonds. The highest BCUT2D eigenvalue weighted by Gasteiger charge is 2.28. The molecule has 8 heteroatoms. The van der Waals surface area contributed by atoms with Gasteiger partial charge in [0.1, 0.15) is 5.60 Å². The van der Waals surface area contributed by atoms with Crippen molar-refractivity contribution in [2.24, 2.45) is 0 Å². The number of carbonyl (C=O) groups excluding carboxylic acids is 1. The van der Waals surface area contributed by atoms with Crippen LogP contribution in [-0.4, -0.2) is 37.0 Å². The van der Waals surface area contributed by atoms with E-state index >= 15 is 0 Å². The number of rotatable bonds is 5. The molecule has 7 nitrogen and oxygen atoms in total. The number of benzene rings is 1. The van der Waals surface area contributed by atoms with E-state index in [9.17, 15) is 14.7 Å². The zero-order valence-corrected chi connectivity index (χ0v) is 15.2. The predicted molar refractivity (Wildman–Crippen MR) is 87.0 cm³/mol. The van der Waals surface area contributed by atoms with Gasteiger partial charge in [0, 0.05) is 10.0 Å². The predicted octanol–water partition coefficient (Wildman–Crippen LogP) is 3.12. The lowest BCUT2D eigenvalue weighted by atomic mass is 10.1. The maximum atomic E-state index is 11.9. The van der Waals surface area contributed by atoms with E-state index in [-0.39, 0.29) is 0 Å². The van der Waals surface area contributed by atoms with Crippen LogP contribution in [-0.2, 0) is 9.53 Å². The van der Waals surface area contributed by atoms with Crippen molar-refractivity contribution in [3.63, 3.8) is 0 Å². The fraction of sp³-hybridized carbons (Fsp3) is 0.467. The summed E-state index contributed by atoms with van der Waals surface area (Å²) < 4.78 is 15.9. The van der Waals surface area contributed by atoms with Crippen LogP contribution in [0, 0.1) is 0 Å². The van der Waals surface area contributed by atoms with Gasteiger partial charge < -0.3 is 24.6 Å². The molecule has 0 spiro atoms. The van der Waals surface area contributed by atoms with Gasteiger partial charge in [0.25, 0.3) is 0 Å². The summed E-state index contributed by atoms with van der Waals surface area (Å²) in [7, 11) is 2.91. The molecule has 0 aliphatic carbocycles. The number of nitrogens with one attached hydrogen (secondary N) is 1. The van der Waals surface area contributed by atoms with Crippen LogP contribution in [0.1, 0.15) is 32.4 Å². The first-order valence-corrected chi connectivity index (χ1v) is 7.52. The second-order valence-electron chi connectivity index (χ2n) is 5.65. The van der Waals surface area contributed by atoms with Gasteiger partial charge in [-0.05, 0) is 32.9 Å². The van der Waals surface area contributed by atoms with Gasteiger partial charge in [-0.25, -0.2) is 9.59 Å². The fourth-order valence-corrected chi connectivity index (χ4v) is 2.34. The number of hydrogen-bond acceptors (Lipinski definition) is 5. The molecule has 0 saturated heterocycles. The molecule has 2 N–H and O–H groups in total. The molecule has 0 aliphatic rings. The maximum absolute atomic E-state index is 11.9. The number of ether oxygens (including phenoxy) is 3. The van der Waals surface area contributed by atoms with E-state index in [1.54, 1.807) is 26.8 Å². The topological polar surface area (TPSA) is 94.1 Å². The average molecular weight is 390 g/mol. The van der Waals surface area contributed by atoms with Crippen molar-refractivity contribution in [3.8, 4) is 11.5 Å². The quantitative estimate of drug-likeness (QED) is 0.803. The minimum atomic E-state index is -1.31. The molecule has 0 radical (unpaired) electrons. The average Bonchev–Trinajstić information content (AvgIpc) is 2.42. The third-order valence-electron chi connectivity index (χ3n) is 2.72. The number of alkyl carbamates (subject to hydrolysis) is 1. The number of amides is 1. The van der Waals surface area contributed by atoms with Crippen LogP contribution < -0.4 is 14.8 Å². The maximum Gasteiger partial charge on any atom is 0.408 e. The van der Waals surface area contributed by atoms with E-state index in [2.05, 4.69) is 21.2 Å². The van der Waals surface area contributed by atoms with Crippen molar-refractivity contribution < 1.29 is 28.9 Å². The first kappa shape index (κ1) is 19.1. The molecule has 0 aromatic heterocycles. The molecule has 1 aromatic rings. The van der Waals surface area contributed by atoms with Crippen LogP contribution in [0.25, 0.3) is 0 Å². The summed E-state index contributed by atoms with van der Waals surface area (Å²) in [6.07, 6.45) is -0.827. The molecule has 23 heavy (non-hydrogen) atoms. The largest absolute Gasteiger partial charge is 0.493 e. The lowest BCUT2D eigenvalue weighted by Gasteiger charge is -2.23. The molecule has 0 heterocycles. The molecule has 1 unspecified atom stereocenters. The lowest BCUT2D eigenvalue weighted by molar-refractivity contribution is -0.139. The van der Waals surface area contributed by atoms with Crippen molar-refractivity contribution in [1.82, 2.24) is 5.32 Å². The number of methoxy groups -OCH3 is 2. The Morgan fingerprint density at radius 1 is 1.17 bits per heavy atom. The Hall–Kier alpha value is -1.96. The number of carbonyl (C=O) groups is 2. The Morgan fingerprint density at radius 2 is 1.70 bits per heavy atom. The van der Waals surface area contributed by atoms with Gasteiger partial charge >= 0.3 is 12.1 Å². The Morgan fingerprint density at radius 3 is 2.13 bits per heavy atom. The zero-order chi connectivity index (χ0) is 17.8. The minimum absolute atomic E-state index is 0.306. The monoisotopic (exact) mass is 389 g/mol. The molecule has 0 saturated carbocycles. The number of carboxylic acids is 1. The Labute approximate surface area is 143 Å². The van der Waals surface area contributed by atoms with Gasteiger partial charge in [-0.2, -0.15) is 0 Å². The number of halogens is 1. The molecule has 1 aromatic carbocycles. The Kier molecular flexibility index (Phi) is 6.26. The second-order valence-corrected chi connectivity index (χ2v) is 6.50. The highest BCUT2D eigenvalue weighted by atomic mass is 79.9.